The third kappa shape index (κ3) is 7.70. The summed E-state index contributed by atoms with van der Waals surface area (Å²) in [5.41, 5.74) is 2.27. The van der Waals surface area contributed by atoms with Crippen LogP contribution >= 0.6 is 0 Å². The van der Waals surface area contributed by atoms with Crippen LogP contribution in [0.5, 0.6) is 17.2 Å². The molecule has 0 fully saturated rings. The highest BCUT2D eigenvalue weighted by atomic mass is 16.5. The molecule has 1 N–H and O–H groups in total. The molecule has 0 aliphatic carbocycles. The molecule has 0 aliphatic heterocycles. The quantitative estimate of drug-likeness (QED) is 0.365. The second kappa shape index (κ2) is 11.8. The zero-order valence-corrected chi connectivity index (χ0v) is 17.8. The van der Waals surface area contributed by atoms with Crippen LogP contribution in [0.3, 0.4) is 0 Å². The first-order valence-electron chi connectivity index (χ1n) is 10.6. The van der Waals surface area contributed by atoms with Gasteiger partial charge in [-0.1, -0.05) is 44.2 Å². The molecule has 0 unspecified atom stereocenters. The molecule has 3 aromatic rings. The van der Waals surface area contributed by atoms with Crippen molar-refractivity contribution in [3.05, 3.63) is 84.4 Å². The lowest BCUT2D eigenvalue weighted by molar-refractivity contribution is 0.217. The van der Waals surface area contributed by atoms with Crippen LogP contribution in [-0.2, 0) is 6.54 Å². The fraction of sp³-hybridized carbons (Fsp3) is 0.308. The minimum atomic E-state index is 0.507. The maximum Gasteiger partial charge on any atom is 0.122 e. The van der Waals surface area contributed by atoms with Gasteiger partial charge in [0.05, 0.1) is 6.61 Å². The summed E-state index contributed by atoms with van der Waals surface area (Å²) in [5, 5.41) is 3.43. The van der Waals surface area contributed by atoms with Gasteiger partial charge >= 0.3 is 0 Å². The number of nitrogens with one attached hydrogen (secondary N) is 1. The highest BCUT2D eigenvalue weighted by molar-refractivity contribution is 5.47. The van der Waals surface area contributed by atoms with E-state index in [-0.39, 0.29) is 0 Å². The molecule has 0 heterocycles. The topological polar surface area (TPSA) is 39.7 Å². The smallest absolute Gasteiger partial charge is 0.122 e. The van der Waals surface area contributed by atoms with Crippen molar-refractivity contribution in [3.63, 3.8) is 0 Å². The predicted octanol–water partition coefficient (Wildman–Crippen LogP) is 6.18. The van der Waals surface area contributed by atoms with Crippen LogP contribution < -0.4 is 19.5 Å². The first kappa shape index (κ1) is 21.6. The van der Waals surface area contributed by atoms with E-state index in [1.165, 1.54) is 5.56 Å². The van der Waals surface area contributed by atoms with Crippen LogP contribution in [-0.4, -0.2) is 19.8 Å². The van der Waals surface area contributed by atoms with Gasteiger partial charge in [0.25, 0.3) is 0 Å². The predicted molar refractivity (Wildman–Crippen MR) is 123 cm³/mol. The Morgan fingerprint density at radius 3 is 1.77 bits per heavy atom. The fourth-order valence-electron chi connectivity index (χ4n) is 2.82. The summed E-state index contributed by atoms with van der Waals surface area (Å²) in [6, 6.07) is 26.0. The van der Waals surface area contributed by atoms with E-state index < -0.39 is 0 Å². The average molecular weight is 406 g/mol. The highest BCUT2D eigenvalue weighted by Crippen LogP contribution is 2.18. The van der Waals surface area contributed by atoms with E-state index in [9.17, 15) is 0 Å². The Morgan fingerprint density at radius 1 is 0.633 bits per heavy atom. The fourth-order valence-corrected chi connectivity index (χ4v) is 2.82. The van der Waals surface area contributed by atoms with Gasteiger partial charge in [-0.25, -0.2) is 0 Å². The van der Waals surface area contributed by atoms with Gasteiger partial charge in [-0.15, -0.1) is 0 Å². The van der Waals surface area contributed by atoms with E-state index in [0.717, 1.165) is 42.5 Å². The van der Waals surface area contributed by atoms with Gasteiger partial charge in [-0.2, -0.15) is 0 Å². The monoisotopic (exact) mass is 405 g/mol. The minimum Gasteiger partial charge on any atom is -0.494 e. The molecule has 4 nitrogen and oxygen atoms in total. The lowest BCUT2D eigenvalue weighted by atomic mass is 10.1. The summed E-state index contributed by atoms with van der Waals surface area (Å²) in [6.07, 6.45) is 1.07. The average Bonchev–Trinajstić information content (AvgIpc) is 2.77. The van der Waals surface area contributed by atoms with Crippen LogP contribution in [0.25, 0.3) is 0 Å². The van der Waals surface area contributed by atoms with Gasteiger partial charge in [0.1, 0.15) is 30.5 Å². The van der Waals surface area contributed by atoms with Crippen molar-refractivity contribution in [1.82, 2.24) is 0 Å². The molecule has 0 saturated heterocycles. The summed E-state index contributed by atoms with van der Waals surface area (Å²) in [7, 11) is 0. The zero-order chi connectivity index (χ0) is 21.0. The van der Waals surface area contributed by atoms with Crippen LogP contribution in [0.2, 0.25) is 0 Å². The molecule has 3 aromatic carbocycles. The standard InChI is InChI=1S/C26H31NO3/c1-21(2)16-17-28-25-12-8-22(9-13-25)20-27-23-10-14-26(15-11-23)30-19-18-29-24-6-4-3-5-7-24/h3-15,21,27H,16-20H2,1-2H3. The summed E-state index contributed by atoms with van der Waals surface area (Å²) in [5.74, 6) is 3.28. The van der Waals surface area contributed by atoms with Crippen molar-refractivity contribution < 1.29 is 14.2 Å². The van der Waals surface area contributed by atoms with Gasteiger partial charge in [-0.05, 0) is 66.4 Å². The molecule has 0 bridgehead atoms. The number of para-hydroxylation sites is 1. The Labute approximate surface area is 179 Å². The number of rotatable bonds is 12. The van der Waals surface area contributed by atoms with Gasteiger partial charge in [-0.3, -0.25) is 0 Å². The van der Waals surface area contributed by atoms with Gasteiger partial charge in [0, 0.05) is 12.2 Å². The van der Waals surface area contributed by atoms with E-state index >= 15 is 0 Å². The molecule has 3 rings (SSSR count). The SMILES string of the molecule is CC(C)CCOc1ccc(CNc2ccc(OCCOc3ccccc3)cc2)cc1. The summed E-state index contributed by atoms with van der Waals surface area (Å²) in [6.45, 7) is 6.96. The van der Waals surface area contributed by atoms with E-state index in [4.69, 9.17) is 14.2 Å². The largest absolute Gasteiger partial charge is 0.494 e. The number of ether oxygens (including phenoxy) is 3. The Hall–Kier alpha value is -3.14. The van der Waals surface area contributed by atoms with Crippen LogP contribution in [0, 0.1) is 5.92 Å². The molecule has 0 radical (unpaired) electrons. The number of benzene rings is 3. The van der Waals surface area contributed by atoms with Crippen molar-refractivity contribution >= 4 is 5.69 Å². The van der Waals surface area contributed by atoms with Crippen LogP contribution in [0.15, 0.2) is 78.9 Å². The van der Waals surface area contributed by atoms with Crippen LogP contribution in [0.1, 0.15) is 25.8 Å². The first-order chi connectivity index (χ1) is 14.7. The van der Waals surface area contributed by atoms with E-state index in [0.29, 0.717) is 19.1 Å². The van der Waals surface area contributed by atoms with E-state index in [2.05, 4.69) is 31.3 Å². The normalized spacial score (nSPS) is 10.6. The summed E-state index contributed by atoms with van der Waals surface area (Å²) >= 11 is 0. The molecule has 158 valence electrons. The van der Waals surface area contributed by atoms with E-state index in [1.54, 1.807) is 0 Å². The maximum atomic E-state index is 5.77. The molecule has 0 aromatic heterocycles. The third-order valence-corrected chi connectivity index (χ3v) is 4.60. The molecular weight excluding hydrogens is 374 g/mol. The molecule has 30 heavy (non-hydrogen) atoms. The van der Waals surface area contributed by atoms with Crippen molar-refractivity contribution in [2.45, 2.75) is 26.8 Å². The lowest BCUT2D eigenvalue weighted by Gasteiger charge is -2.11. The molecule has 0 spiro atoms. The van der Waals surface area contributed by atoms with Gasteiger partial charge in [0.15, 0.2) is 0 Å². The van der Waals surface area contributed by atoms with Gasteiger partial charge < -0.3 is 19.5 Å². The summed E-state index contributed by atoms with van der Waals surface area (Å²) in [4.78, 5) is 0. The zero-order valence-electron chi connectivity index (χ0n) is 17.8. The second-order valence-corrected chi connectivity index (χ2v) is 7.56. The van der Waals surface area contributed by atoms with E-state index in [1.807, 2.05) is 66.7 Å². The summed E-state index contributed by atoms with van der Waals surface area (Å²) < 4.78 is 17.1. The lowest BCUT2D eigenvalue weighted by Crippen LogP contribution is -2.08. The molecule has 0 atom stereocenters. The van der Waals surface area contributed by atoms with Crippen LogP contribution in [0.4, 0.5) is 5.69 Å². The van der Waals surface area contributed by atoms with Crippen molar-refractivity contribution in [3.8, 4) is 17.2 Å². The molecular formula is C26H31NO3. The highest BCUT2D eigenvalue weighted by Gasteiger charge is 2.00. The Kier molecular flexibility index (Phi) is 8.46. The minimum absolute atomic E-state index is 0.507. The van der Waals surface area contributed by atoms with Crippen molar-refractivity contribution in [2.24, 2.45) is 5.92 Å². The molecule has 0 amide bonds. The van der Waals surface area contributed by atoms with Gasteiger partial charge in [0.2, 0.25) is 0 Å². The number of hydrogen-bond donors (Lipinski definition) is 1. The molecule has 0 aliphatic rings. The Balaban J connectivity index is 1.36. The maximum absolute atomic E-state index is 5.77. The first-order valence-corrected chi connectivity index (χ1v) is 10.6. The number of anilines is 1. The van der Waals surface area contributed by atoms with Crippen molar-refractivity contribution in [1.29, 1.82) is 0 Å². The molecule has 0 saturated carbocycles. The molecule has 4 heteroatoms. The second-order valence-electron chi connectivity index (χ2n) is 7.56. The van der Waals surface area contributed by atoms with Crippen molar-refractivity contribution in [2.75, 3.05) is 25.1 Å². The Bertz CT molecular complexity index is 846. The number of hydrogen-bond acceptors (Lipinski definition) is 4. The third-order valence-electron chi connectivity index (χ3n) is 4.60. The Morgan fingerprint density at radius 2 is 1.17 bits per heavy atom.